The minimum Gasteiger partial charge on any atom is -0.491 e. The van der Waals surface area contributed by atoms with Crippen LogP contribution < -0.4 is 20.4 Å². The Hall–Kier alpha value is -3.50. The highest BCUT2D eigenvalue weighted by Gasteiger charge is 2.33. The first kappa shape index (κ1) is 22.9. The van der Waals surface area contributed by atoms with Crippen LogP contribution in [0.15, 0.2) is 41.7 Å². The topological polar surface area (TPSA) is 103 Å². The minimum absolute atomic E-state index is 0.328. The molecule has 2 unspecified atom stereocenters. The third-order valence-electron chi connectivity index (χ3n) is 7.01. The number of ether oxygens (including phenoxy) is 3. The lowest BCUT2D eigenvalue weighted by molar-refractivity contribution is -0.0391. The van der Waals surface area contributed by atoms with Crippen LogP contribution in [-0.4, -0.2) is 77.4 Å². The van der Waals surface area contributed by atoms with Gasteiger partial charge >= 0.3 is 0 Å². The van der Waals surface area contributed by atoms with E-state index in [9.17, 15) is 4.79 Å². The summed E-state index contributed by atoms with van der Waals surface area (Å²) in [6, 6.07) is 7.32. The molecule has 10 heteroatoms. The molecule has 2 bridgehead atoms. The number of anilines is 1. The van der Waals surface area contributed by atoms with Crippen LogP contribution in [0, 0.1) is 0 Å². The standard InChI is InChI=1S/C26H30N6O4/c1-34-23-21(35-13-3-11-31-15-18-5-6-19(16-31)36-18)8-7-20-22(23)29-26(32-12-10-28-24(20)32)30-25(33)17-4-2-9-27-14-17/h2,4,7-9,14,18-19,28H,3,5-6,10-13,15-16H2,1H3. The Morgan fingerprint density at radius 1 is 1.25 bits per heavy atom. The summed E-state index contributed by atoms with van der Waals surface area (Å²) < 4.78 is 19.8. The zero-order valence-electron chi connectivity index (χ0n) is 20.4. The number of methoxy groups -OCH3 is 1. The lowest BCUT2D eigenvalue weighted by atomic mass is 10.2. The molecule has 1 aromatic carbocycles. The van der Waals surface area contributed by atoms with Gasteiger partial charge in [0.15, 0.2) is 11.5 Å². The molecule has 10 nitrogen and oxygen atoms in total. The van der Waals surface area contributed by atoms with Gasteiger partial charge in [-0.15, -0.1) is 0 Å². The molecule has 0 aliphatic carbocycles. The normalized spacial score (nSPS) is 21.4. The summed E-state index contributed by atoms with van der Waals surface area (Å²) in [6.45, 7) is 4.98. The predicted octanol–water partition coefficient (Wildman–Crippen LogP) is 2.24. The van der Waals surface area contributed by atoms with Gasteiger partial charge < -0.3 is 19.5 Å². The van der Waals surface area contributed by atoms with Gasteiger partial charge in [0, 0.05) is 50.5 Å². The summed E-state index contributed by atoms with van der Waals surface area (Å²) in [5, 5.41) is 4.29. The monoisotopic (exact) mass is 490 g/mol. The molecule has 0 spiro atoms. The summed E-state index contributed by atoms with van der Waals surface area (Å²) in [5.41, 5.74) is 1.35. The number of benzene rings is 1. The SMILES string of the molecule is COc1c(OCCCN2CC3CCC(C2)O3)ccc2c3n(c(=NC(=O)c4cccnc4)nc12)CCN3. The first-order chi connectivity index (χ1) is 17.7. The largest absolute Gasteiger partial charge is 0.491 e. The number of amides is 1. The fourth-order valence-corrected chi connectivity index (χ4v) is 5.34. The molecule has 2 aromatic heterocycles. The summed E-state index contributed by atoms with van der Waals surface area (Å²) >= 11 is 0. The first-order valence-corrected chi connectivity index (χ1v) is 12.5. The summed E-state index contributed by atoms with van der Waals surface area (Å²) in [5.74, 6) is 1.65. The highest BCUT2D eigenvalue weighted by Crippen LogP contribution is 2.37. The number of carbonyl (C=O) groups is 1. The Morgan fingerprint density at radius 2 is 2.11 bits per heavy atom. The quantitative estimate of drug-likeness (QED) is 0.503. The fourth-order valence-electron chi connectivity index (χ4n) is 5.34. The van der Waals surface area contributed by atoms with Crippen molar-refractivity contribution in [1.29, 1.82) is 0 Å². The number of carbonyl (C=O) groups excluding carboxylic acids is 1. The van der Waals surface area contributed by atoms with Crippen molar-refractivity contribution in [3.05, 3.63) is 47.8 Å². The maximum absolute atomic E-state index is 12.8. The Kier molecular flexibility index (Phi) is 6.28. The number of nitrogens with one attached hydrogen (secondary N) is 1. The molecular formula is C26H30N6O4. The van der Waals surface area contributed by atoms with Crippen molar-refractivity contribution in [3.63, 3.8) is 0 Å². The highest BCUT2D eigenvalue weighted by atomic mass is 16.5. The van der Waals surface area contributed by atoms with Gasteiger partial charge in [0.25, 0.3) is 5.91 Å². The van der Waals surface area contributed by atoms with Crippen LogP contribution in [0.25, 0.3) is 10.9 Å². The zero-order valence-corrected chi connectivity index (χ0v) is 20.4. The second-order valence-corrected chi connectivity index (χ2v) is 9.41. The number of hydrogen-bond donors (Lipinski definition) is 1. The van der Waals surface area contributed by atoms with E-state index in [0.29, 0.717) is 53.6 Å². The van der Waals surface area contributed by atoms with Crippen molar-refractivity contribution in [2.24, 2.45) is 4.99 Å². The number of fused-ring (bicyclic) bond motifs is 5. The van der Waals surface area contributed by atoms with Crippen molar-refractivity contribution in [1.82, 2.24) is 19.4 Å². The number of likely N-dealkylation sites (tertiary alicyclic amines) is 1. The van der Waals surface area contributed by atoms with Crippen molar-refractivity contribution >= 4 is 22.6 Å². The van der Waals surface area contributed by atoms with Gasteiger partial charge in [0.1, 0.15) is 11.3 Å². The predicted molar refractivity (Wildman–Crippen MR) is 133 cm³/mol. The Morgan fingerprint density at radius 3 is 2.89 bits per heavy atom. The van der Waals surface area contributed by atoms with E-state index in [4.69, 9.17) is 19.2 Å². The van der Waals surface area contributed by atoms with Crippen LogP contribution in [-0.2, 0) is 11.3 Å². The number of pyridine rings is 1. The van der Waals surface area contributed by atoms with E-state index < -0.39 is 0 Å². The third kappa shape index (κ3) is 4.42. The van der Waals surface area contributed by atoms with Gasteiger partial charge in [-0.25, -0.2) is 4.98 Å². The van der Waals surface area contributed by atoms with E-state index in [1.807, 2.05) is 16.7 Å². The molecule has 5 heterocycles. The van der Waals surface area contributed by atoms with E-state index >= 15 is 0 Å². The maximum Gasteiger partial charge on any atom is 0.281 e. The van der Waals surface area contributed by atoms with Gasteiger partial charge in [0.05, 0.1) is 31.5 Å². The van der Waals surface area contributed by atoms with E-state index in [0.717, 1.165) is 43.8 Å². The summed E-state index contributed by atoms with van der Waals surface area (Å²) in [7, 11) is 1.61. The third-order valence-corrected chi connectivity index (χ3v) is 7.01. The minimum atomic E-state index is -0.389. The second kappa shape index (κ2) is 9.87. The number of nitrogens with zero attached hydrogens (tertiary/aromatic N) is 5. The molecule has 2 fully saturated rings. The maximum atomic E-state index is 12.8. The summed E-state index contributed by atoms with van der Waals surface area (Å²) in [4.78, 5) is 28.3. The summed E-state index contributed by atoms with van der Waals surface area (Å²) in [6.07, 6.45) is 7.19. The van der Waals surface area contributed by atoms with Crippen molar-refractivity contribution in [2.45, 2.75) is 38.0 Å². The molecular weight excluding hydrogens is 460 g/mol. The second-order valence-electron chi connectivity index (χ2n) is 9.41. The molecule has 36 heavy (non-hydrogen) atoms. The van der Waals surface area contributed by atoms with E-state index in [1.165, 1.54) is 19.0 Å². The van der Waals surface area contributed by atoms with Crippen LogP contribution in [0.2, 0.25) is 0 Å². The molecule has 1 N–H and O–H groups in total. The van der Waals surface area contributed by atoms with Crippen LogP contribution in [0.3, 0.4) is 0 Å². The Labute approximate surface area is 208 Å². The Bertz CT molecular complexity index is 1330. The molecule has 0 saturated carbocycles. The molecule has 1 amide bonds. The highest BCUT2D eigenvalue weighted by molar-refractivity contribution is 5.96. The van der Waals surface area contributed by atoms with Gasteiger partial charge in [-0.1, -0.05) is 0 Å². The molecule has 0 radical (unpaired) electrons. The van der Waals surface area contributed by atoms with Gasteiger partial charge in [-0.05, 0) is 43.5 Å². The van der Waals surface area contributed by atoms with Crippen molar-refractivity contribution in [3.8, 4) is 11.5 Å². The fraction of sp³-hybridized carbons (Fsp3) is 0.462. The molecule has 3 aromatic rings. The van der Waals surface area contributed by atoms with Gasteiger partial charge in [-0.3, -0.25) is 19.2 Å². The number of aromatic nitrogens is 3. The molecule has 2 atom stereocenters. The van der Waals surface area contributed by atoms with E-state index in [1.54, 1.807) is 25.4 Å². The van der Waals surface area contributed by atoms with E-state index in [-0.39, 0.29) is 5.91 Å². The number of rotatable bonds is 7. The average Bonchev–Trinajstić information content (AvgIpc) is 3.53. The number of morpholine rings is 1. The van der Waals surface area contributed by atoms with Crippen LogP contribution in [0.4, 0.5) is 5.82 Å². The van der Waals surface area contributed by atoms with Crippen LogP contribution in [0.1, 0.15) is 29.6 Å². The molecule has 188 valence electrons. The van der Waals surface area contributed by atoms with E-state index in [2.05, 4.69) is 20.2 Å². The molecule has 3 aliphatic rings. The molecule has 2 saturated heterocycles. The molecule has 3 aliphatic heterocycles. The van der Waals surface area contributed by atoms with Crippen molar-refractivity contribution < 1.29 is 19.0 Å². The first-order valence-electron chi connectivity index (χ1n) is 12.5. The van der Waals surface area contributed by atoms with Crippen molar-refractivity contribution in [2.75, 3.05) is 45.2 Å². The number of hydrogen-bond acceptors (Lipinski definition) is 8. The van der Waals surface area contributed by atoms with Gasteiger partial charge in [-0.2, -0.15) is 4.99 Å². The van der Waals surface area contributed by atoms with Gasteiger partial charge in [0.2, 0.25) is 5.62 Å². The molecule has 6 rings (SSSR count). The van der Waals surface area contributed by atoms with Crippen LogP contribution >= 0.6 is 0 Å². The zero-order chi connectivity index (χ0) is 24.5. The van der Waals surface area contributed by atoms with Crippen LogP contribution in [0.5, 0.6) is 11.5 Å². The lowest BCUT2D eigenvalue weighted by Crippen LogP contribution is -2.43. The smallest absolute Gasteiger partial charge is 0.281 e. The average molecular weight is 491 g/mol. The Balaban J connectivity index is 1.25. The lowest BCUT2D eigenvalue weighted by Gasteiger charge is -2.31.